The highest BCUT2D eigenvalue weighted by Gasteiger charge is 1.83. The fourth-order valence-electron chi connectivity index (χ4n) is 0.401. The standard InChI is InChI=1S/C4H3IN2OS/c5-7-2-1-3(8)6-4(7)9/h1-2H,(H,6,8,9). The van der Waals surface area contributed by atoms with E-state index >= 15 is 0 Å². The summed E-state index contributed by atoms with van der Waals surface area (Å²) in [5.74, 6) is 0. The SMILES string of the molecule is O=c1ccn(I)c(=S)[nH]1. The van der Waals surface area contributed by atoms with Crippen molar-refractivity contribution in [3.63, 3.8) is 0 Å². The van der Waals surface area contributed by atoms with Crippen LogP contribution in [0, 0.1) is 4.77 Å². The summed E-state index contributed by atoms with van der Waals surface area (Å²) in [5.41, 5.74) is -0.159. The molecule has 3 nitrogen and oxygen atoms in total. The Morgan fingerprint density at radius 2 is 2.44 bits per heavy atom. The lowest BCUT2D eigenvalue weighted by atomic mass is 10.7. The Hall–Kier alpha value is -0.170. The lowest BCUT2D eigenvalue weighted by molar-refractivity contribution is 1.07. The van der Waals surface area contributed by atoms with Gasteiger partial charge in [-0.05, 0) is 12.2 Å². The van der Waals surface area contributed by atoms with E-state index in [2.05, 4.69) is 4.98 Å². The Bertz CT molecular complexity index is 315. The van der Waals surface area contributed by atoms with Gasteiger partial charge >= 0.3 is 0 Å². The van der Waals surface area contributed by atoms with Crippen LogP contribution in [-0.2, 0) is 0 Å². The molecule has 0 fully saturated rings. The van der Waals surface area contributed by atoms with Gasteiger partial charge in [0.25, 0.3) is 5.56 Å². The topological polar surface area (TPSA) is 37.8 Å². The van der Waals surface area contributed by atoms with Gasteiger partial charge < -0.3 is 0 Å². The van der Waals surface area contributed by atoms with E-state index in [4.69, 9.17) is 12.2 Å². The highest BCUT2D eigenvalue weighted by atomic mass is 127. The second-order valence-electron chi connectivity index (χ2n) is 1.42. The fourth-order valence-corrected chi connectivity index (χ4v) is 0.844. The normalized spacial score (nSPS) is 9.44. The van der Waals surface area contributed by atoms with Crippen LogP contribution in [0.25, 0.3) is 0 Å². The molecule has 0 unspecified atom stereocenters. The van der Waals surface area contributed by atoms with Crippen molar-refractivity contribution in [2.75, 3.05) is 0 Å². The summed E-state index contributed by atoms with van der Waals surface area (Å²) >= 11 is 6.72. The highest BCUT2D eigenvalue weighted by Crippen LogP contribution is 1.90. The highest BCUT2D eigenvalue weighted by molar-refractivity contribution is 14.1. The Kier molecular flexibility index (Phi) is 2.01. The summed E-state index contributed by atoms with van der Waals surface area (Å²) < 4.78 is 2.07. The number of nitrogens with zero attached hydrogens (tertiary/aromatic N) is 1. The van der Waals surface area contributed by atoms with Crippen molar-refractivity contribution in [3.05, 3.63) is 27.4 Å². The van der Waals surface area contributed by atoms with Crippen LogP contribution in [0.4, 0.5) is 0 Å². The van der Waals surface area contributed by atoms with E-state index in [9.17, 15) is 4.79 Å². The van der Waals surface area contributed by atoms with Crippen LogP contribution in [0.3, 0.4) is 0 Å². The predicted molar refractivity (Wildman–Crippen MR) is 45.3 cm³/mol. The lowest BCUT2D eigenvalue weighted by Gasteiger charge is -1.89. The molecule has 1 aromatic rings. The third-order valence-corrected chi connectivity index (χ3v) is 2.21. The molecule has 1 heterocycles. The van der Waals surface area contributed by atoms with Crippen molar-refractivity contribution < 1.29 is 0 Å². The molecule has 0 saturated heterocycles. The molecule has 9 heavy (non-hydrogen) atoms. The first kappa shape index (κ1) is 6.94. The summed E-state index contributed by atoms with van der Waals surface area (Å²) in [5, 5.41) is 0. The average Bonchev–Trinajstić information content (AvgIpc) is 1.80. The monoisotopic (exact) mass is 254 g/mol. The number of aromatic amines is 1. The van der Waals surface area contributed by atoms with Gasteiger partial charge in [-0.25, -0.2) is 0 Å². The van der Waals surface area contributed by atoms with E-state index in [1.165, 1.54) is 6.07 Å². The predicted octanol–water partition coefficient (Wildman–Crippen LogP) is 1.10. The third-order valence-electron chi connectivity index (χ3n) is 0.781. The third kappa shape index (κ3) is 1.62. The number of aromatic nitrogens is 2. The number of H-pyrrole nitrogens is 1. The Morgan fingerprint density at radius 3 is 2.89 bits per heavy atom. The molecule has 0 aliphatic rings. The van der Waals surface area contributed by atoms with Gasteiger partial charge in [0.2, 0.25) is 0 Å². The largest absolute Gasteiger partial charge is 0.299 e. The Morgan fingerprint density at radius 1 is 1.78 bits per heavy atom. The van der Waals surface area contributed by atoms with Crippen molar-refractivity contribution in [1.29, 1.82) is 0 Å². The van der Waals surface area contributed by atoms with Crippen LogP contribution in [0.5, 0.6) is 0 Å². The second-order valence-corrected chi connectivity index (χ2v) is 2.85. The van der Waals surface area contributed by atoms with E-state index in [-0.39, 0.29) is 5.56 Å². The smallest absolute Gasteiger partial charge is 0.251 e. The van der Waals surface area contributed by atoms with Crippen molar-refractivity contribution >= 4 is 35.1 Å². The summed E-state index contributed by atoms with van der Waals surface area (Å²) in [4.78, 5) is 13.0. The van der Waals surface area contributed by atoms with E-state index in [1.54, 1.807) is 8.98 Å². The maximum atomic E-state index is 10.5. The molecule has 0 spiro atoms. The van der Waals surface area contributed by atoms with Gasteiger partial charge in [-0.15, -0.1) is 0 Å². The zero-order valence-corrected chi connectivity index (χ0v) is 7.27. The van der Waals surface area contributed by atoms with Gasteiger partial charge in [0.05, 0.1) is 22.9 Å². The second kappa shape index (κ2) is 2.61. The number of hydrogen-bond donors (Lipinski definition) is 1. The van der Waals surface area contributed by atoms with Crippen LogP contribution >= 0.6 is 35.1 Å². The molecule has 0 saturated carbocycles. The van der Waals surface area contributed by atoms with E-state index in [1.807, 2.05) is 22.9 Å². The van der Waals surface area contributed by atoms with Crippen LogP contribution in [0.2, 0.25) is 0 Å². The summed E-state index contributed by atoms with van der Waals surface area (Å²) in [6.07, 6.45) is 1.61. The molecule has 0 radical (unpaired) electrons. The summed E-state index contributed by atoms with van der Waals surface area (Å²) in [6.45, 7) is 0. The van der Waals surface area contributed by atoms with E-state index < -0.39 is 0 Å². The minimum absolute atomic E-state index is 0.159. The number of hydrogen-bond acceptors (Lipinski definition) is 2. The first-order chi connectivity index (χ1) is 4.20. The number of halogens is 1. The van der Waals surface area contributed by atoms with E-state index in [0.717, 1.165) is 0 Å². The minimum atomic E-state index is -0.159. The van der Waals surface area contributed by atoms with Crippen molar-refractivity contribution in [1.82, 2.24) is 7.76 Å². The maximum absolute atomic E-state index is 10.5. The van der Waals surface area contributed by atoms with Crippen molar-refractivity contribution in [3.8, 4) is 0 Å². The Labute approximate surface area is 70.2 Å². The molecular weight excluding hydrogens is 251 g/mol. The summed E-state index contributed by atoms with van der Waals surface area (Å²) in [7, 11) is 0. The molecule has 0 atom stereocenters. The minimum Gasteiger partial charge on any atom is -0.299 e. The zero-order chi connectivity index (χ0) is 6.85. The molecule has 1 rings (SSSR count). The summed E-state index contributed by atoms with van der Waals surface area (Å²) in [6, 6.07) is 1.42. The molecule has 1 aromatic heterocycles. The number of nitrogens with one attached hydrogen (secondary N) is 1. The molecule has 0 aliphatic carbocycles. The Balaban J connectivity index is 3.52. The van der Waals surface area contributed by atoms with Gasteiger partial charge in [-0.3, -0.25) is 12.6 Å². The molecule has 5 heteroatoms. The molecule has 0 amide bonds. The first-order valence-electron chi connectivity index (χ1n) is 2.18. The fraction of sp³-hybridized carbons (Fsp3) is 0. The maximum Gasteiger partial charge on any atom is 0.251 e. The first-order valence-corrected chi connectivity index (χ1v) is 3.55. The van der Waals surface area contributed by atoms with E-state index in [0.29, 0.717) is 4.77 Å². The van der Waals surface area contributed by atoms with Crippen molar-refractivity contribution in [2.45, 2.75) is 0 Å². The lowest BCUT2D eigenvalue weighted by Crippen LogP contribution is -2.05. The van der Waals surface area contributed by atoms with Gasteiger partial charge in [0.1, 0.15) is 0 Å². The molecule has 0 aromatic carbocycles. The quantitative estimate of drug-likeness (QED) is 0.556. The van der Waals surface area contributed by atoms with Crippen LogP contribution in [0.15, 0.2) is 17.1 Å². The number of rotatable bonds is 0. The van der Waals surface area contributed by atoms with Crippen molar-refractivity contribution in [2.24, 2.45) is 0 Å². The van der Waals surface area contributed by atoms with Gasteiger partial charge in [0, 0.05) is 12.3 Å². The zero-order valence-electron chi connectivity index (χ0n) is 4.30. The van der Waals surface area contributed by atoms with Crippen LogP contribution in [0.1, 0.15) is 0 Å². The molecule has 0 aliphatic heterocycles. The van der Waals surface area contributed by atoms with Crippen LogP contribution in [-0.4, -0.2) is 7.76 Å². The molecule has 48 valence electrons. The van der Waals surface area contributed by atoms with Gasteiger partial charge in [0.15, 0.2) is 4.77 Å². The van der Waals surface area contributed by atoms with Gasteiger partial charge in [-0.1, -0.05) is 0 Å². The van der Waals surface area contributed by atoms with Gasteiger partial charge in [-0.2, -0.15) is 0 Å². The average molecular weight is 254 g/mol. The molecule has 0 bridgehead atoms. The molecular formula is C4H3IN2OS. The molecule has 1 N–H and O–H groups in total. The van der Waals surface area contributed by atoms with Crippen LogP contribution < -0.4 is 5.56 Å².